The third-order valence-corrected chi connectivity index (χ3v) is 2.60. The lowest BCUT2D eigenvalue weighted by Crippen LogP contribution is -2.45. The van der Waals surface area contributed by atoms with Crippen molar-refractivity contribution in [2.45, 2.75) is 32.9 Å². The van der Waals surface area contributed by atoms with Gasteiger partial charge in [-0.15, -0.1) is 0 Å². The van der Waals surface area contributed by atoms with E-state index in [1.807, 2.05) is 32.7 Å². The second-order valence-corrected chi connectivity index (χ2v) is 5.94. The smallest absolute Gasteiger partial charge is 0.234 e. The SMILES string of the molecule is COc1ccc(CN(C)CC(=O)NC(C)(C)C)cc1F. The van der Waals surface area contributed by atoms with Crippen LogP contribution in [0.2, 0.25) is 0 Å². The fourth-order valence-electron chi connectivity index (χ4n) is 1.88. The van der Waals surface area contributed by atoms with Crippen LogP contribution < -0.4 is 10.1 Å². The zero-order valence-corrected chi connectivity index (χ0v) is 12.8. The number of nitrogens with zero attached hydrogens (tertiary/aromatic N) is 1. The Hall–Kier alpha value is -1.62. The number of rotatable bonds is 5. The van der Waals surface area contributed by atoms with E-state index in [9.17, 15) is 9.18 Å². The average molecular weight is 282 g/mol. The lowest BCUT2D eigenvalue weighted by atomic mass is 10.1. The Morgan fingerprint density at radius 1 is 1.40 bits per heavy atom. The second-order valence-electron chi connectivity index (χ2n) is 5.94. The maximum atomic E-state index is 13.6. The van der Waals surface area contributed by atoms with E-state index in [1.54, 1.807) is 12.1 Å². The third-order valence-electron chi connectivity index (χ3n) is 2.60. The van der Waals surface area contributed by atoms with Crippen LogP contribution in [0, 0.1) is 5.82 Å². The number of likely N-dealkylation sites (N-methyl/N-ethyl adjacent to an activating group) is 1. The molecule has 112 valence electrons. The average Bonchev–Trinajstić information content (AvgIpc) is 2.25. The number of halogens is 1. The molecule has 0 aliphatic heterocycles. The Bertz CT molecular complexity index is 469. The van der Waals surface area contributed by atoms with Gasteiger partial charge in [-0.2, -0.15) is 0 Å². The molecule has 1 aromatic rings. The normalized spacial score (nSPS) is 11.6. The highest BCUT2D eigenvalue weighted by Crippen LogP contribution is 2.18. The topological polar surface area (TPSA) is 41.6 Å². The predicted molar refractivity (Wildman–Crippen MR) is 77.2 cm³/mol. The molecule has 0 saturated carbocycles. The van der Waals surface area contributed by atoms with Crippen LogP contribution in [0.3, 0.4) is 0 Å². The molecule has 0 radical (unpaired) electrons. The number of amides is 1. The first-order chi connectivity index (χ1) is 9.21. The van der Waals surface area contributed by atoms with Gasteiger partial charge in [0, 0.05) is 12.1 Å². The van der Waals surface area contributed by atoms with E-state index in [0.717, 1.165) is 5.56 Å². The molecule has 0 aliphatic rings. The zero-order chi connectivity index (χ0) is 15.3. The summed E-state index contributed by atoms with van der Waals surface area (Å²) < 4.78 is 18.4. The fraction of sp³-hybridized carbons (Fsp3) is 0.533. The molecule has 0 aliphatic carbocycles. The summed E-state index contributed by atoms with van der Waals surface area (Å²) in [7, 11) is 3.26. The number of carbonyl (C=O) groups excluding carboxylic acids is 1. The maximum absolute atomic E-state index is 13.6. The van der Waals surface area contributed by atoms with Gasteiger partial charge in [0.25, 0.3) is 0 Å². The molecular weight excluding hydrogens is 259 g/mol. The molecule has 0 bridgehead atoms. The van der Waals surface area contributed by atoms with Crippen LogP contribution in [0.1, 0.15) is 26.3 Å². The molecule has 0 spiro atoms. The molecule has 1 amide bonds. The quantitative estimate of drug-likeness (QED) is 0.900. The van der Waals surface area contributed by atoms with E-state index in [-0.39, 0.29) is 23.7 Å². The highest BCUT2D eigenvalue weighted by Gasteiger charge is 2.15. The van der Waals surface area contributed by atoms with Crippen LogP contribution in [0.15, 0.2) is 18.2 Å². The van der Waals surface area contributed by atoms with Crippen molar-refractivity contribution in [2.75, 3.05) is 20.7 Å². The summed E-state index contributed by atoms with van der Waals surface area (Å²) >= 11 is 0. The predicted octanol–water partition coefficient (Wildman–Crippen LogP) is 2.18. The summed E-state index contributed by atoms with van der Waals surface area (Å²) in [5, 5.41) is 2.89. The fourth-order valence-corrected chi connectivity index (χ4v) is 1.88. The molecule has 20 heavy (non-hydrogen) atoms. The minimum Gasteiger partial charge on any atom is -0.494 e. The number of carbonyl (C=O) groups is 1. The van der Waals surface area contributed by atoms with Gasteiger partial charge in [0.15, 0.2) is 11.6 Å². The number of ether oxygens (including phenoxy) is 1. The number of hydrogen-bond acceptors (Lipinski definition) is 3. The lowest BCUT2D eigenvalue weighted by molar-refractivity contribution is -0.123. The van der Waals surface area contributed by atoms with Crippen molar-refractivity contribution in [1.82, 2.24) is 10.2 Å². The summed E-state index contributed by atoms with van der Waals surface area (Å²) in [5.74, 6) is -0.214. The molecule has 0 fully saturated rings. The molecule has 1 rings (SSSR count). The van der Waals surface area contributed by atoms with Crippen molar-refractivity contribution in [1.29, 1.82) is 0 Å². The van der Waals surface area contributed by atoms with Crippen LogP contribution in [-0.2, 0) is 11.3 Å². The first-order valence-electron chi connectivity index (χ1n) is 6.53. The number of methoxy groups -OCH3 is 1. The number of benzene rings is 1. The maximum Gasteiger partial charge on any atom is 0.234 e. The first-order valence-corrected chi connectivity index (χ1v) is 6.53. The van der Waals surface area contributed by atoms with E-state index in [0.29, 0.717) is 6.54 Å². The third kappa shape index (κ3) is 5.57. The first kappa shape index (κ1) is 16.4. The van der Waals surface area contributed by atoms with Crippen molar-refractivity contribution in [2.24, 2.45) is 0 Å². The minimum absolute atomic E-state index is 0.0472. The molecule has 1 aromatic carbocycles. The molecule has 0 aromatic heterocycles. The van der Waals surface area contributed by atoms with Crippen molar-refractivity contribution in [3.63, 3.8) is 0 Å². The van der Waals surface area contributed by atoms with Crippen LogP contribution in [0.25, 0.3) is 0 Å². The van der Waals surface area contributed by atoms with Gasteiger partial charge in [0.1, 0.15) is 0 Å². The molecular formula is C15H23FN2O2. The van der Waals surface area contributed by atoms with Gasteiger partial charge in [-0.25, -0.2) is 4.39 Å². The van der Waals surface area contributed by atoms with Gasteiger partial charge in [0.05, 0.1) is 13.7 Å². The minimum atomic E-state index is -0.391. The van der Waals surface area contributed by atoms with Crippen molar-refractivity contribution in [3.05, 3.63) is 29.6 Å². The van der Waals surface area contributed by atoms with Crippen LogP contribution in [0.5, 0.6) is 5.75 Å². The Balaban J connectivity index is 2.56. The van der Waals surface area contributed by atoms with E-state index in [4.69, 9.17) is 4.74 Å². The van der Waals surface area contributed by atoms with Crippen molar-refractivity contribution >= 4 is 5.91 Å². The highest BCUT2D eigenvalue weighted by molar-refractivity contribution is 5.78. The summed E-state index contributed by atoms with van der Waals surface area (Å²) in [6, 6.07) is 4.81. The van der Waals surface area contributed by atoms with Gasteiger partial charge >= 0.3 is 0 Å². The Labute approximate surface area is 119 Å². The second kappa shape index (κ2) is 6.70. The molecule has 0 unspecified atom stereocenters. The monoisotopic (exact) mass is 282 g/mol. The van der Waals surface area contributed by atoms with Gasteiger partial charge in [-0.3, -0.25) is 9.69 Å². The Kier molecular flexibility index (Phi) is 5.51. The van der Waals surface area contributed by atoms with Crippen LogP contribution in [0.4, 0.5) is 4.39 Å². The van der Waals surface area contributed by atoms with E-state index in [1.165, 1.54) is 13.2 Å². The van der Waals surface area contributed by atoms with Crippen LogP contribution >= 0.6 is 0 Å². The van der Waals surface area contributed by atoms with Crippen molar-refractivity contribution < 1.29 is 13.9 Å². The summed E-state index contributed by atoms with van der Waals surface area (Å²) in [5.41, 5.74) is 0.554. The molecule has 4 nitrogen and oxygen atoms in total. The lowest BCUT2D eigenvalue weighted by Gasteiger charge is -2.23. The van der Waals surface area contributed by atoms with E-state index >= 15 is 0 Å². The molecule has 0 saturated heterocycles. The standard InChI is InChI=1S/C15H23FN2O2/c1-15(2,3)17-14(19)10-18(4)9-11-6-7-13(20-5)12(16)8-11/h6-8H,9-10H2,1-5H3,(H,17,19). The number of hydrogen-bond donors (Lipinski definition) is 1. The van der Waals surface area contributed by atoms with Gasteiger partial charge in [-0.05, 0) is 45.5 Å². The summed E-state index contributed by atoms with van der Waals surface area (Å²) in [4.78, 5) is 13.6. The largest absolute Gasteiger partial charge is 0.494 e. The number of nitrogens with one attached hydrogen (secondary N) is 1. The van der Waals surface area contributed by atoms with Crippen molar-refractivity contribution in [3.8, 4) is 5.75 Å². The van der Waals surface area contributed by atoms with Gasteiger partial charge in [0.2, 0.25) is 5.91 Å². The molecule has 1 N–H and O–H groups in total. The van der Waals surface area contributed by atoms with Gasteiger partial charge in [-0.1, -0.05) is 6.07 Å². The summed E-state index contributed by atoms with van der Waals surface area (Å²) in [6.07, 6.45) is 0. The highest BCUT2D eigenvalue weighted by atomic mass is 19.1. The molecule has 0 heterocycles. The molecule has 0 atom stereocenters. The Morgan fingerprint density at radius 3 is 2.55 bits per heavy atom. The Morgan fingerprint density at radius 2 is 2.05 bits per heavy atom. The summed E-state index contributed by atoms with van der Waals surface area (Å²) in [6.45, 7) is 6.57. The molecule has 5 heteroatoms. The van der Waals surface area contributed by atoms with Gasteiger partial charge < -0.3 is 10.1 Å². The van der Waals surface area contributed by atoms with Crippen LogP contribution in [-0.4, -0.2) is 37.0 Å². The van der Waals surface area contributed by atoms with E-state index in [2.05, 4.69) is 5.32 Å². The van der Waals surface area contributed by atoms with E-state index < -0.39 is 5.82 Å². The zero-order valence-electron chi connectivity index (χ0n) is 12.8.